The minimum absolute atomic E-state index is 0.0284. The van der Waals surface area contributed by atoms with Crippen molar-refractivity contribution in [2.75, 3.05) is 33.4 Å². The lowest BCUT2D eigenvalue weighted by Gasteiger charge is -2.31. The van der Waals surface area contributed by atoms with Gasteiger partial charge in [0, 0.05) is 45.3 Å². The van der Waals surface area contributed by atoms with Gasteiger partial charge in [-0.2, -0.15) is 0 Å². The molecule has 3 amide bonds. The Hall–Kier alpha value is -1.30. The van der Waals surface area contributed by atoms with E-state index in [1.807, 2.05) is 13.8 Å². The Morgan fingerprint density at radius 2 is 1.95 bits per heavy atom. The summed E-state index contributed by atoms with van der Waals surface area (Å²) in [5.41, 5.74) is 0. The van der Waals surface area contributed by atoms with Gasteiger partial charge in [0.05, 0.1) is 0 Å². The van der Waals surface area contributed by atoms with Gasteiger partial charge in [0.15, 0.2) is 0 Å². The number of methoxy groups -OCH3 is 1. The normalized spacial score (nSPS) is 16.3. The fourth-order valence-electron chi connectivity index (χ4n) is 2.26. The number of carbonyl (C=O) groups excluding carboxylic acids is 2. The number of likely N-dealkylation sites (tertiary alicyclic amines) is 1. The average Bonchev–Trinajstić information content (AvgIpc) is 2.43. The third kappa shape index (κ3) is 5.77. The molecule has 0 aromatic carbocycles. The summed E-state index contributed by atoms with van der Waals surface area (Å²) in [6.45, 7) is 6.49. The van der Waals surface area contributed by atoms with E-state index in [-0.39, 0.29) is 23.9 Å². The molecule has 1 aliphatic rings. The molecule has 0 bridgehead atoms. The molecule has 0 aromatic heterocycles. The second-order valence-corrected chi connectivity index (χ2v) is 5.50. The Morgan fingerprint density at radius 3 is 2.50 bits per heavy atom. The number of hydrogen-bond donors (Lipinski definition) is 2. The van der Waals surface area contributed by atoms with Gasteiger partial charge in [0.1, 0.15) is 0 Å². The summed E-state index contributed by atoms with van der Waals surface area (Å²) in [5, 5.41) is 5.80. The maximum absolute atomic E-state index is 11.9. The number of hydrogen-bond acceptors (Lipinski definition) is 3. The monoisotopic (exact) mass is 285 g/mol. The first-order chi connectivity index (χ1) is 9.54. The highest BCUT2D eigenvalue weighted by atomic mass is 16.5. The van der Waals surface area contributed by atoms with Crippen molar-refractivity contribution in [3.63, 3.8) is 0 Å². The average molecular weight is 285 g/mol. The van der Waals surface area contributed by atoms with E-state index in [4.69, 9.17) is 4.74 Å². The highest BCUT2D eigenvalue weighted by Crippen LogP contribution is 2.17. The molecule has 0 radical (unpaired) electrons. The first-order valence-corrected chi connectivity index (χ1v) is 7.36. The van der Waals surface area contributed by atoms with E-state index in [1.54, 1.807) is 12.0 Å². The first-order valence-electron chi connectivity index (χ1n) is 7.36. The van der Waals surface area contributed by atoms with Crippen molar-refractivity contribution in [1.82, 2.24) is 15.5 Å². The zero-order valence-electron chi connectivity index (χ0n) is 12.8. The van der Waals surface area contributed by atoms with Crippen LogP contribution in [-0.2, 0) is 9.53 Å². The van der Waals surface area contributed by atoms with Crippen LogP contribution in [0.3, 0.4) is 0 Å². The van der Waals surface area contributed by atoms with Crippen LogP contribution < -0.4 is 10.6 Å². The Morgan fingerprint density at radius 1 is 1.30 bits per heavy atom. The van der Waals surface area contributed by atoms with Crippen molar-refractivity contribution < 1.29 is 14.3 Å². The molecule has 0 saturated carbocycles. The van der Waals surface area contributed by atoms with Crippen LogP contribution >= 0.6 is 0 Å². The van der Waals surface area contributed by atoms with Crippen LogP contribution in [0.25, 0.3) is 0 Å². The van der Waals surface area contributed by atoms with Crippen LogP contribution in [0.4, 0.5) is 4.79 Å². The predicted octanol–water partition coefficient (Wildman–Crippen LogP) is 0.969. The van der Waals surface area contributed by atoms with E-state index >= 15 is 0 Å². The molecule has 0 spiro atoms. The lowest BCUT2D eigenvalue weighted by atomic mass is 9.96. The second kappa shape index (κ2) is 8.79. The first kappa shape index (κ1) is 16.8. The van der Waals surface area contributed by atoms with Crippen molar-refractivity contribution in [3.8, 4) is 0 Å². The molecule has 20 heavy (non-hydrogen) atoms. The van der Waals surface area contributed by atoms with Gasteiger partial charge in [-0.15, -0.1) is 0 Å². The maximum Gasteiger partial charge on any atom is 0.317 e. The summed E-state index contributed by atoms with van der Waals surface area (Å²) >= 11 is 0. The molecule has 2 N–H and O–H groups in total. The third-order valence-electron chi connectivity index (χ3n) is 3.39. The molecule has 1 rings (SSSR count). The fraction of sp³-hybridized carbons (Fsp3) is 0.857. The summed E-state index contributed by atoms with van der Waals surface area (Å²) in [6.07, 6.45) is 2.31. The Bertz CT molecular complexity index is 313. The highest BCUT2D eigenvalue weighted by molar-refractivity contribution is 5.79. The van der Waals surface area contributed by atoms with Crippen molar-refractivity contribution in [2.45, 2.75) is 39.2 Å². The zero-order chi connectivity index (χ0) is 15.0. The van der Waals surface area contributed by atoms with Gasteiger partial charge < -0.3 is 20.3 Å². The van der Waals surface area contributed by atoms with Crippen LogP contribution in [-0.4, -0.2) is 56.2 Å². The van der Waals surface area contributed by atoms with E-state index in [0.29, 0.717) is 26.2 Å². The van der Waals surface area contributed by atoms with Gasteiger partial charge in [-0.3, -0.25) is 4.79 Å². The molecule has 1 aliphatic heterocycles. The fourth-order valence-corrected chi connectivity index (χ4v) is 2.26. The summed E-state index contributed by atoms with van der Waals surface area (Å²) < 4.78 is 4.94. The maximum atomic E-state index is 11.9. The van der Waals surface area contributed by atoms with Gasteiger partial charge in [0.2, 0.25) is 5.91 Å². The third-order valence-corrected chi connectivity index (χ3v) is 3.39. The van der Waals surface area contributed by atoms with Crippen molar-refractivity contribution in [3.05, 3.63) is 0 Å². The van der Waals surface area contributed by atoms with Gasteiger partial charge in [-0.25, -0.2) is 4.79 Å². The van der Waals surface area contributed by atoms with Crippen molar-refractivity contribution >= 4 is 11.9 Å². The van der Waals surface area contributed by atoms with Gasteiger partial charge >= 0.3 is 6.03 Å². The molecule has 1 heterocycles. The lowest BCUT2D eigenvalue weighted by Crippen LogP contribution is -2.48. The Labute approximate surface area is 121 Å². The molecule has 116 valence electrons. The predicted molar refractivity (Wildman–Crippen MR) is 77.5 cm³/mol. The minimum Gasteiger partial charge on any atom is -0.385 e. The minimum atomic E-state index is -0.0287. The smallest absolute Gasteiger partial charge is 0.317 e. The van der Waals surface area contributed by atoms with E-state index in [1.165, 1.54) is 0 Å². The van der Waals surface area contributed by atoms with E-state index in [2.05, 4.69) is 10.6 Å². The quantitative estimate of drug-likeness (QED) is 0.714. The van der Waals surface area contributed by atoms with Crippen LogP contribution in [0.1, 0.15) is 33.1 Å². The molecule has 0 unspecified atom stereocenters. The van der Waals surface area contributed by atoms with Crippen LogP contribution in [0, 0.1) is 5.92 Å². The molecule has 1 saturated heterocycles. The van der Waals surface area contributed by atoms with Gasteiger partial charge in [-0.1, -0.05) is 0 Å². The van der Waals surface area contributed by atoms with Crippen LogP contribution in [0.15, 0.2) is 0 Å². The number of urea groups is 1. The number of amides is 3. The lowest BCUT2D eigenvalue weighted by molar-refractivity contribution is -0.126. The summed E-state index contributed by atoms with van der Waals surface area (Å²) in [5.74, 6) is 0.130. The number of nitrogens with one attached hydrogen (secondary N) is 2. The van der Waals surface area contributed by atoms with Gasteiger partial charge in [-0.05, 0) is 33.1 Å². The number of piperidine rings is 1. The summed E-state index contributed by atoms with van der Waals surface area (Å²) in [6, 6.07) is 0.114. The van der Waals surface area contributed by atoms with E-state index in [0.717, 1.165) is 19.3 Å². The van der Waals surface area contributed by atoms with E-state index in [9.17, 15) is 9.59 Å². The number of carbonyl (C=O) groups is 2. The summed E-state index contributed by atoms with van der Waals surface area (Å²) in [4.78, 5) is 25.6. The van der Waals surface area contributed by atoms with Crippen molar-refractivity contribution in [2.24, 2.45) is 5.92 Å². The standard InChI is InChI=1S/C14H27N3O3/c1-11(2)16-14(19)17-8-5-12(6-9-17)13(18)15-7-4-10-20-3/h11-12H,4-10H2,1-3H3,(H,15,18)(H,16,19). The summed E-state index contributed by atoms with van der Waals surface area (Å²) in [7, 11) is 1.65. The van der Waals surface area contributed by atoms with Gasteiger partial charge in [0.25, 0.3) is 0 Å². The highest BCUT2D eigenvalue weighted by Gasteiger charge is 2.27. The molecular weight excluding hydrogens is 258 g/mol. The molecule has 6 nitrogen and oxygen atoms in total. The largest absolute Gasteiger partial charge is 0.385 e. The van der Waals surface area contributed by atoms with Crippen LogP contribution in [0.2, 0.25) is 0 Å². The molecule has 6 heteroatoms. The number of nitrogens with zero attached hydrogens (tertiary/aromatic N) is 1. The molecule has 0 aromatic rings. The van der Waals surface area contributed by atoms with Crippen molar-refractivity contribution in [1.29, 1.82) is 0 Å². The second-order valence-electron chi connectivity index (χ2n) is 5.50. The molecular formula is C14H27N3O3. The topological polar surface area (TPSA) is 70.7 Å². The van der Waals surface area contributed by atoms with Crippen LogP contribution in [0.5, 0.6) is 0 Å². The molecule has 0 atom stereocenters. The molecule has 0 aliphatic carbocycles. The molecule has 1 fully saturated rings. The Kier molecular flexibility index (Phi) is 7.36. The van der Waals surface area contributed by atoms with E-state index < -0.39 is 0 Å². The zero-order valence-corrected chi connectivity index (χ0v) is 12.8. The SMILES string of the molecule is COCCCNC(=O)C1CCN(C(=O)NC(C)C)CC1. The number of rotatable bonds is 6. The Balaban J connectivity index is 2.24. The number of ether oxygens (including phenoxy) is 1.